The van der Waals surface area contributed by atoms with Gasteiger partial charge in [-0.15, -0.1) is 16.7 Å². The lowest BCUT2D eigenvalue weighted by Crippen LogP contribution is -2.37. The fourth-order valence-corrected chi connectivity index (χ4v) is 1.12. The van der Waals surface area contributed by atoms with Crippen molar-refractivity contribution in [1.82, 2.24) is 15.5 Å². The number of rotatable bonds is 5. The third-order valence-corrected chi connectivity index (χ3v) is 2.05. The second-order valence-corrected chi connectivity index (χ2v) is 3.98. The van der Waals surface area contributed by atoms with Crippen LogP contribution in [0.1, 0.15) is 32.0 Å². The van der Waals surface area contributed by atoms with E-state index in [0.29, 0.717) is 12.4 Å². The second kappa shape index (κ2) is 5.69. The van der Waals surface area contributed by atoms with E-state index in [1.807, 2.05) is 6.92 Å². The van der Waals surface area contributed by atoms with Gasteiger partial charge in [0, 0.05) is 6.54 Å². The summed E-state index contributed by atoms with van der Waals surface area (Å²) in [6.07, 6.45) is 0. The summed E-state index contributed by atoms with van der Waals surface area (Å²) < 4.78 is 5.20. The monoisotopic (exact) mass is 246 g/mol. The van der Waals surface area contributed by atoms with E-state index in [4.69, 9.17) is 16.0 Å². The highest BCUT2D eigenvalue weighted by Gasteiger charge is 2.16. The normalized spacial score (nSPS) is 14.2. The topological polar surface area (TPSA) is 80.0 Å². The molecule has 2 unspecified atom stereocenters. The molecule has 2 atom stereocenters. The number of nitrogens with zero attached hydrogens (tertiary/aromatic N) is 2. The van der Waals surface area contributed by atoms with Crippen LogP contribution >= 0.6 is 11.6 Å². The molecule has 0 aliphatic rings. The molecular formula is C9H15ClN4O2. The van der Waals surface area contributed by atoms with Crippen LogP contribution in [0.3, 0.4) is 0 Å². The molecule has 0 fully saturated rings. The lowest BCUT2D eigenvalue weighted by atomic mass is 10.3. The van der Waals surface area contributed by atoms with Crippen molar-refractivity contribution in [3.63, 3.8) is 0 Å². The van der Waals surface area contributed by atoms with Crippen LogP contribution in [0.15, 0.2) is 4.42 Å². The van der Waals surface area contributed by atoms with E-state index >= 15 is 0 Å². The van der Waals surface area contributed by atoms with Crippen molar-refractivity contribution in [2.75, 3.05) is 11.9 Å². The van der Waals surface area contributed by atoms with Crippen molar-refractivity contribution >= 4 is 23.5 Å². The summed E-state index contributed by atoms with van der Waals surface area (Å²) in [5, 5.41) is 12.6. The maximum atomic E-state index is 11.4. The first-order valence-corrected chi connectivity index (χ1v) is 5.50. The quantitative estimate of drug-likeness (QED) is 0.766. The number of alkyl halides is 1. The van der Waals surface area contributed by atoms with Gasteiger partial charge in [0.05, 0.1) is 0 Å². The standard InChI is InChI=1S/C9H15ClN4O2/c1-4-11-7(15)6(3)12-9-14-13-8(16-9)5(2)10/h5-6H,4H2,1-3H3,(H,11,15)(H,12,14). The van der Waals surface area contributed by atoms with Gasteiger partial charge >= 0.3 is 6.01 Å². The minimum atomic E-state index is -0.432. The zero-order valence-electron chi connectivity index (χ0n) is 9.45. The minimum absolute atomic E-state index is 0.124. The van der Waals surface area contributed by atoms with Crippen molar-refractivity contribution < 1.29 is 9.21 Å². The molecule has 1 aromatic heterocycles. The van der Waals surface area contributed by atoms with E-state index < -0.39 is 6.04 Å². The third kappa shape index (κ3) is 3.37. The molecule has 0 aliphatic carbocycles. The van der Waals surface area contributed by atoms with Crippen molar-refractivity contribution in [2.45, 2.75) is 32.2 Å². The van der Waals surface area contributed by atoms with Gasteiger partial charge in [-0.25, -0.2) is 0 Å². The third-order valence-electron chi connectivity index (χ3n) is 1.87. The summed E-state index contributed by atoms with van der Waals surface area (Å²) in [5.74, 6) is 0.202. The first-order valence-electron chi connectivity index (χ1n) is 5.06. The Morgan fingerprint density at radius 3 is 2.69 bits per heavy atom. The van der Waals surface area contributed by atoms with Crippen LogP contribution in [0.5, 0.6) is 0 Å². The molecule has 1 heterocycles. The molecule has 1 rings (SSSR count). The number of halogens is 1. The molecule has 16 heavy (non-hydrogen) atoms. The van der Waals surface area contributed by atoms with Crippen molar-refractivity contribution in [2.24, 2.45) is 0 Å². The molecule has 0 radical (unpaired) electrons. The number of likely N-dealkylation sites (N-methyl/N-ethyl adjacent to an activating group) is 1. The molecule has 0 saturated heterocycles. The SMILES string of the molecule is CCNC(=O)C(C)Nc1nnc(C(C)Cl)o1. The Balaban J connectivity index is 2.55. The average Bonchev–Trinajstić information content (AvgIpc) is 2.66. The van der Waals surface area contributed by atoms with E-state index in [1.54, 1.807) is 13.8 Å². The number of carbonyl (C=O) groups excluding carboxylic acids is 1. The summed E-state index contributed by atoms with van der Waals surface area (Å²) in [4.78, 5) is 11.4. The Morgan fingerprint density at radius 2 is 2.19 bits per heavy atom. The summed E-state index contributed by atoms with van der Waals surface area (Å²) in [5.41, 5.74) is 0. The number of carbonyl (C=O) groups is 1. The van der Waals surface area contributed by atoms with E-state index in [1.165, 1.54) is 0 Å². The first-order chi connectivity index (χ1) is 7.54. The fourth-order valence-electron chi connectivity index (χ4n) is 1.03. The van der Waals surface area contributed by atoms with Gasteiger partial charge in [-0.05, 0) is 20.8 Å². The van der Waals surface area contributed by atoms with E-state index in [-0.39, 0.29) is 17.3 Å². The highest BCUT2D eigenvalue weighted by atomic mass is 35.5. The summed E-state index contributed by atoms with van der Waals surface area (Å²) in [6, 6.07) is -0.236. The Bertz CT molecular complexity index is 353. The van der Waals surface area contributed by atoms with Gasteiger partial charge in [0.2, 0.25) is 11.8 Å². The van der Waals surface area contributed by atoms with Gasteiger partial charge in [0.1, 0.15) is 11.4 Å². The number of anilines is 1. The van der Waals surface area contributed by atoms with Crippen LogP contribution in [0.4, 0.5) is 6.01 Å². The molecule has 0 saturated carbocycles. The van der Waals surface area contributed by atoms with Crippen LogP contribution in [-0.2, 0) is 4.79 Å². The Hall–Kier alpha value is -1.30. The molecule has 90 valence electrons. The molecular weight excluding hydrogens is 232 g/mol. The molecule has 1 aromatic rings. The van der Waals surface area contributed by atoms with Gasteiger partial charge in [-0.1, -0.05) is 5.10 Å². The van der Waals surface area contributed by atoms with Crippen molar-refractivity contribution in [3.05, 3.63) is 5.89 Å². The number of nitrogens with one attached hydrogen (secondary N) is 2. The van der Waals surface area contributed by atoms with Gasteiger partial charge in [0.25, 0.3) is 0 Å². The summed E-state index contributed by atoms with van der Waals surface area (Å²) >= 11 is 5.76. The number of hydrogen-bond donors (Lipinski definition) is 2. The number of amides is 1. The molecule has 2 N–H and O–H groups in total. The molecule has 0 bridgehead atoms. The molecule has 7 heteroatoms. The molecule has 0 spiro atoms. The predicted octanol–water partition coefficient (Wildman–Crippen LogP) is 1.31. The van der Waals surface area contributed by atoms with Crippen LogP contribution < -0.4 is 10.6 Å². The Kier molecular flexibility index (Phi) is 4.54. The van der Waals surface area contributed by atoms with Gasteiger partial charge < -0.3 is 15.1 Å². The second-order valence-electron chi connectivity index (χ2n) is 3.32. The van der Waals surface area contributed by atoms with Crippen LogP contribution in [0, 0.1) is 0 Å². The first kappa shape index (κ1) is 12.8. The molecule has 6 nitrogen and oxygen atoms in total. The summed E-state index contributed by atoms with van der Waals surface area (Å²) in [7, 11) is 0. The van der Waals surface area contributed by atoms with E-state index in [0.717, 1.165) is 0 Å². The molecule has 0 aliphatic heterocycles. The van der Waals surface area contributed by atoms with Crippen LogP contribution in [0.2, 0.25) is 0 Å². The lowest BCUT2D eigenvalue weighted by Gasteiger charge is -2.10. The Morgan fingerprint density at radius 1 is 1.50 bits per heavy atom. The maximum Gasteiger partial charge on any atom is 0.316 e. The largest absolute Gasteiger partial charge is 0.406 e. The Labute approximate surface area is 98.8 Å². The smallest absolute Gasteiger partial charge is 0.316 e. The summed E-state index contributed by atoms with van der Waals surface area (Å²) in [6.45, 7) is 5.87. The number of aromatic nitrogens is 2. The highest BCUT2D eigenvalue weighted by molar-refractivity contribution is 6.20. The van der Waals surface area contributed by atoms with Crippen LogP contribution in [-0.4, -0.2) is 28.7 Å². The predicted molar refractivity (Wildman–Crippen MR) is 60.3 cm³/mol. The van der Waals surface area contributed by atoms with Crippen molar-refractivity contribution in [1.29, 1.82) is 0 Å². The fraction of sp³-hybridized carbons (Fsp3) is 0.667. The minimum Gasteiger partial charge on any atom is -0.406 e. The molecule has 0 aromatic carbocycles. The molecule has 1 amide bonds. The van der Waals surface area contributed by atoms with Crippen LogP contribution in [0.25, 0.3) is 0 Å². The van der Waals surface area contributed by atoms with Gasteiger partial charge in [-0.3, -0.25) is 4.79 Å². The zero-order valence-corrected chi connectivity index (χ0v) is 10.2. The van der Waals surface area contributed by atoms with E-state index in [9.17, 15) is 4.79 Å². The highest BCUT2D eigenvalue weighted by Crippen LogP contribution is 2.19. The number of hydrogen-bond acceptors (Lipinski definition) is 5. The van der Waals surface area contributed by atoms with E-state index in [2.05, 4.69) is 20.8 Å². The maximum absolute atomic E-state index is 11.4. The van der Waals surface area contributed by atoms with Crippen molar-refractivity contribution in [3.8, 4) is 0 Å². The zero-order chi connectivity index (χ0) is 12.1. The lowest BCUT2D eigenvalue weighted by molar-refractivity contribution is -0.121. The van der Waals surface area contributed by atoms with Gasteiger partial charge in [0.15, 0.2) is 0 Å². The average molecular weight is 247 g/mol. The van der Waals surface area contributed by atoms with Gasteiger partial charge in [-0.2, -0.15) is 0 Å².